The second-order valence-electron chi connectivity index (χ2n) is 2.28. The van der Waals surface area contributed by atoms with E-state index >= 15 is 0 Å². The quantitative estimate of drug-likeness (QED) is 0.649. The van der Waals surface area contributed by atoms with Crippen LogP contribution in [0.4, 0.5) is 0 Å². The van der Waals surface area contributed by atoms with E-state index in [2.05, 4.69) is 12.2 Å². The molecule has 0 saturated carbocycles. The van der Waals surface area contributed by atoms with E-state index in [1.807, 2.05) is 27.7 Å². The van der Waals surface area contributed by atoms with Crippen molar-refractivity contribution in [3.63, 3.8) is 0 Å². The maximum Gasteiger partial charge on any atom is 0.220 e. The van der Waals surface area contributed by atoms with E-state index in [9.17, 15) is 4.79 Å². The molecule has 12 heavy (non-hydrogen) atoms. The molecule has 0 aromatic heterocycles. The first-order valence-corrected chi connectivity index (χ1v) is 5.09. The summed E-state index contributed by atoms with van der Waals surface area (Å²) in [4.78, 5) is 10.5. The van der Waals surface area contributed by atoms with Gasteiger partial charge in [-0.2, -0.15) is 0 Å². The first-order valence-electron chi connectivity index (χ1n) is 5.09. The maximum absolute atomic E-state index is 10.5. The molecule has 1 amide bonds. The number of amides is 1. The van der Waals surface area contributed by atoms with E-state index in [1.165, 1.54) is 0 Å². The van der Waals surface area contributed by atoms with Gasteiger partial charge in [-0.15, -0.1) is 0 Å². The Hall–Kier alpha value is -0.530. The Balaban J connectivity index is 0. The Morgan fingerprint density at radius 2 is 1.83 bits per heavy atom. The first kappa shape index (κ1) is 14.0. The molecule has 1 N–H and O–H groups in total. The highest BCUT2D eigenvalue weighted by Gasteiger charge is 2.18. The fraction of sp³-hybridized carbons (Fsp3) is 0.900. The molecule has 1 aliphatic rings. The van der Waals surface area contributed by atoms with E-state index in [0.717, 1.165) is 19.4 Å². The average molecular weight is 173 g/mol. The molecule has 1 fully saturated rings. The van der Waals surface area contributed by atoms with Crippen LogP contribution in [0.2, 0.25) is 0 Å². The van der Waals surface area contributed by atoms with Crippen molar-refractivity contribution in [2.45, 2.75) is 47.5 Å². The predicted molar refractivity (Wildman–Crippen MR) is 54.1 cm³/mol. The van der Waals surface area contributed by atoms with Gasteiger partial charge in [0.15, 0.2) is 0 Å². The van der Waals surface area contributed by atoms with E-state index in [-0.39, 0.29) is 5.91 Å². The normalized spacial score (nSPS) is 19.8. The van der Waals surface area contributed by atoms with Crippen molar-refractivity contribution in [2.24, 2.45) is 5.92 Å². The first-order chi connectivity index (χ1) is 5.83. The summed E-state index contributed by atoms with van der Waals surface area (Å²) in [5.74, 6) is 0.833. The summed E-state index contributed by atoms with van der Waals surface area (Å²) in [6.45, 7) is 11.0. The highest BCUT2D eigenvalue weighted by atomic mass is 16.1. The summed E-state index contributed by atoms with van der Waals surface area (Å²) in [6.07, 6.45) is 1.87. The Labute approximate surface area is 76.7 Å². The zero-order valence-electron chi connectivity index (χ0n) is 9.11. The third-order valence-corrected chi connectivity index (χ3v) is 1.64. The average Bonchev–Trinajstić information content (AvgIpc) is 2.58. The van der Waals surface area contributed by atoms with Gasteiger partial charge in [-0.05, 0) is 5.92 Å². The largest absolute Gasteiger partial charge is 0.356 e. The molecule has 0 radical (unpaired) electrons. The number of nitrogens with one attached hydrogen (secondary N) is 1. The topological polar surface area (TPSA) is 29.1 Å². The number of carbonyl (C=O) groups is 1. The monoisotopic (exact) mass is 173 g/mol. The fourth-order valence-electron chi connectivity index (χ4n) is 0.953. The van der Waals surface area contributed by atoms with Crippen LogP contribution in [0.5, 0.6) is 0 Å². The molecule has 0 aromatic carbocycles. The van der Waals surface area contributed by atoms with Crippen molar-refractivity contribution in [3.8, 4) is 0 Å². The van der Waals surface area contributed by atoms with E-state index < -0.39 is 0 Å². The Morgan fingerprint density at radius 3 is 2.00 bits per heavy atom. The summed E-state index contributed by atoms with van der Waals surface area (Å²) in [5.41, 5.74) is 0. The zero-order valence-corrected chi connectivity index (χ0v) is 9.11. The molecule has 74 valence electrons. The van der Waals surface area contributed by atoms with E-state index in [4.69, 9.17) is 0 Å². The molecule has 1 unspecified atom stereocenters. The van der Waals surface area contributed by atoms with Gasteiger partial charge < -0.3 is 5.32 Å². The fourth-order valence-corrected chi connectivity index (χ4v) is 0.953. The van der Waals surface area contributed by atoms with Crippen LogP contribution in [-0.4, -0.2) is 12.5 Å². The summed E-state index contributed by atoms with van der Waals surface area (Å²) < 4.78 is 0. The summed E-state index contributed by atoms with van der Waals surface area (Å²) in [7, 11) is 0. The lowest BCUT2D eigenvalue weighted by Gasteiger charge is -1.97. The number of carbonyl (C=O) groups excluding carboxylic acids is 1. The second-order valence-corrected chi connectivity index (χ2v) is 2.28. The molecular formula is C10H23NO. The van der Waals surface area contributed by atoms with Crippen LogP contribution in [0.3, 0.4) is 0 Å². The van der Waals surface area contributed by atoms with Crippen molar-refractivity contribution in [1.29, 1.82) is 0 Å². The number of rotatable bonds is 1. The molecule has 1 saturated heterocycles. The number of hydrogen-bond donors (Lipinski definition) is 1. The molecular weight excluding hydrogens is 150 g/mol. The minimum atomic E-state index is 0.219. The van der Waals surface area contributed by atoms with Gasteiger partial charge in [0.1, 0.15) is 0 Å². The van der Waals surface area contributed by atoms with Gasteiger partial charge in [-0.3, -0.25) is 4.79 Å². The van der Waals surface area contributed by atoms with Crippen LogP contribution in [0, 0.1) is 5.92 Å². The third-order valence-electron chi connectivity index (χ3n) is 1.64. The molecule has 0 spiro atoms. The SMILES string of the molecule is CC.CC.CCC1CNC(=O)C1. The van der Waals surface area contributed by atoms with Crippen molar-refractivity contribution >= 4 is 5.91 Å². The number of hydrogen-bond acceptors (Lipinski definition) is 1. The van der Waals surface area contributed by atoms with Gasteiger partial charge in [0.05, 0.1) is 0 Å². The Bertz CT molecular complexity index is 102. The van der Waals surface area contributed by atoms with Gasteiger partial charge in [-0.25, -0.2) is 0 Å². The molecule has 1 aliphatic heterocycles. The molecule has 1 rings (SSSR count). The van der Waals surface area contributed by atoms with Crippen molar-refractivity contribution in [3.05, 3.63) is 0 Å². The lowest BCUT2D eigenvalue weighted by atomic mass is 10.1. The lowest BCUT2D eigenvalue weighted by Crippen LogP contribution is -2.13. The van der Waals surface area contributed by atoms with Gasteiger partial charge in [0, 0.05) is 13.0 Å². The zero-order chi connectivity index (χ0) is 9.98. The molecule has 2 nitrogen and oxygen atoms in total. The van der Waals surface area contributed by atoms with Crippen LogP contribution < -0.4 is 5.32 Å². The van der Waals surface area contributed by atoms with Crippen LogP contribution >= 0.6 is 0 Å². The van der Waals surface area contributed by atoms with Crippen molar-refractivity contribution < 1.29 is 4.79 Å². The van der Waals surface area contributed by atoms with E-state index in [1.54, 1.807) is 0 Å². The molecule has 1 heterocycles. The summed E-state index contributed by atoms with van der Waals surface area (Å²) >= 11 is 0. The maximum atomic E-state index is 10.5. The van der Waals surface area contributed by atoms with Gasteiger partial charge in [-0.1, -0.05) is 41.0 Å². The standard InChI is InChI=1S/C6H11NO.2C2H6/c1-2-5-3-6(8)7-4-5;2*1-2/h5H,2-4H2,1H3,(H,7,8);2*1-2H3. The summed E-state index contributed by atoms with van der Waals surface area (Å²) in [5, 5.41) is 2.78. The van der Waals surface area contributed by atoms with Crippen molar-refractivity contribution in [2.75, 3.05) is 6.54 Å². The molecule has 0 bridgehead atoms. The van der Waals surface area contributed by atoms with Gasteiger partial charge in [0.25, 0.3) is 0 Å². The second kappa shape index (κ2) is 10.5. The Kier molecular flexibility index (Phi) is 12.2. The highest BCUT2D eigenvalue weighted by molar-refractivity contribution is 5.78. The Morgan fingerprint density at radius 1 is 1.33 bits per heavy atom. The van der Waals surface area contributed by atoms with E-state index in [0.29, 0.717) is 5.92 Å². The minimum absolute atomic E-state index is 0.219. The lowest BCUT2D eigenvalue weighted by molar-refractivity contribution is -0.119. The van der Waals surface area contributed by atoms with Crippen molar-refractivity contribution in [1.82, 2.24) is 5.32 Å². The minimum Gasteiger partial charge on any atom is -0.356 e. The highest BCUT2D eigenvalue weighted by Crippen LogP contribution is 2.11. The van der Waals surface area contributed by atoms with Crippen LogP contribution in [-0.2, 0) is 4.79 Å². The smallest absolute Gasteiger partial charge is 0.220 e. The van der Waals surface area contributed by atoms with Crippen LogP contribution in [0.25, 0.3) is 0 Å². The third kappa shape index (κ3) is 6.20. The van der Waals surface area contributed by atoms with Gasteiger partial charge >= 0.3 is 0 Å². The van der Waals surface area contributed by atoms with Crippen LogP contribution in [0.1, 0.15) is 47.5 Å². The molecule has 2 heteroatoms. The van der Waals surface area contributed by atoms with Crippen LogP contribution in [0.15, 0.2) is 0 Å². The van der Waals surface area contributed by atoms with Gasteiger partial charge in [0.2, 0.25) is 5.91 Å². The molecule has 0 aliphatic carbocycles. The summed E-state index contributed by atoms with van der Waals surface area (Å²) in [6, 6.07) is 0. The molecule has 1 atom stereocenters. The molecule has 0 aromatic rings. The predicted octanol–water partition coefficient (Wildman–Crippen LogP) is 2.58.